The molecule has 1 aliphatic heterocycles. The van der Waals surface area contributed by atoms with Gasteiger partial charge in [0.1, 0.15) is 28.6 Å². The molecule has 102 valence electrons. The van der Waals surface area contributed by atoms with Gasteiger partial charge in [-0.05, 0) is 12.5 Å². The first-order valence-electron chi connectivity index (χ1n) is 5.90. The number of methoxy groups -OCH3 is 3. The Hall–Kier alpha value is -2.17. The topological polar surface area (TPSA) is 54.0 Å². The summed E-state index contributed by atoms with van der Waals surface area (Å²) in [5.74, 6) is 1.90. The van der Waals surface area contributed by atoms with E-state index in [-0.39, 0.29) is 5.97 Å². The second kappa shape index (κ2) is 5.65. The quantitative estimate of drug-likeness (QED) is 0.781. The van der Waals surface area contributed by atoms with Crippen LogP contribution in [0.1, 0.15) is 18.4 Å². The summed E-state index contributed by atoms with van der Waals surface area (Å²) in [5, 5.41) is 0. The van der Waals surface area contributed by atoms with Crippen molar-refractivity contribution in [3.05, 3.63) is 23.8 Å². The molecule has 1 heterocycles. The SMILES string of the molecule is COc1cc(OC)c(C2=CCCC(=O)O2)c(OC)c1. The van der Waals surface area contributed by atoms with E-state index < -0.39 is 0 Å². The normalized spacial score (nSPS) is 14.5. The summed E-state index contributed by atoms with van der Waals surface area (Å²) in [6.45, 7) is 0. The molecule has 0 unspecified atom stereocenters. The Morgan fingerprint density at radius 1 is 1.05 bits per heavy atom. The maximum atomic E-state index is 11.4. The Kier molecular flexibility index (Phi) is 3.94. The minimum absolute atomic E-state index is 0.252. The first-order chi connectivity index (χ1) is 9.19. The fourth-order valence-corrected chi connectivity index (χ4v) is 1.94. The van der Waals surface area contributed by atoms with Gasteiger partial charge in [-0.15, -0.1) is 0 Å². The minimum Gasteiger partial charge on any atom is -0.496 e. The van der Waals surface area contributed by atoms with Crippen LogP contribution in [0.2, 0.25) is 0 Å². The molecule has 0 bridgehead atoms. The van der Waals surface area contributed by atoms with Crippen LogP contribution in [-0.4, -0.2) is 27.3 Å². The molecule has 0 saturated carbocycles. The predicted octanol–water partition coefficient (Wildman–Crippen LogP) is 2.39. The molecule has 5 nitrogen and oxygen atoms in total. The second-order valence-corrected chi connectivity index (χ2v) is 3.99. The van der Waals surface area contributed by atoms with Crippen molar-refractivity contribution in [1.29, 1.82) is 0 Å². The number of rotatable bonds is 4. The number of hydrogen-bond donors (Lipinski definition) is 0. The lowest BCUT2D eigenvalue weighted by molar-refractivity contribution is -0.137. The summed E-state index contributed by atoms with van der Waals surface area (Å²) in [5.41, 5.74) is 0.624. The maximum Gasteiger partial charge on any atom is 0.311 e. The van der Waals surface area contributed by atoms with Gasteiger partial charge in [-0.2, -0.15) is 0 Å². The lowest BCUT2D eigenvalue weighted by Crippen LogP contribution is -2.09. The predicted molar refractivity (Wildman–Crippen MR) is 69.4 cm³/mol. The molecule has 0 aromatic heterocycles. The number of esters is 1. The van der Waals surface area contributed by atoms with Gasteiger partial charge in [-0.3, -0.25) is 4.79 Å². The molecule has 0 N–H and O–H groups in total. The molecule has 0 saturated heterocycles. The van der Waals surface area contributed by atoms with E-state index in [0.29, 0.717) is 41.4 Å². The highest BCUT2D eigenvalue weighted by Crippen LogP contribution is 2.40. The number of hydrogen-bond acceptors (Lipinski definition) is 5. The van der Waals surface area contributed by atoms with E-state index in [9.17, 15) is 4.79 Å². The van der Waals surface area contributed by atoms with Crippen LogP contribution in [0.25, 0.3) is 5.76 Å². The molecule has 0 amide bonds. The first kappa shape index (κ1) is 13.3. The summed E-state index contributed by atoms with van der Waals surface area (Å²) >= 11 is 0. The number of carbonyl (C=O) groups is 1. The lowest BCUT2D eigenvalue weighted by Gasteiger charge is -2.19. The van der Waals surface area contributed by atoms with Crippen LogP contribution in [-0.2, 0) is 9.53 Å². The summed E-state index contributed by atoms with van der Waals surface area (Å²) in [6.07, 6.45) is 2.89. The van der Waals surface area contributed by atoms with Crippen LogP contribution in [0.15, 0.2) is 18.2 Å². The Morgan fingerprint density at radius 2 is 1.68 bits per heavy atom. The molecule has 0 spiro atoms. The van der Waals surface area contributed by atoms with Crippen LogP contribution >= 0.6 is 0 Å². The third kappa shape index (κ3) is 2.65. The van der Waals surface area contributed by atoms with Gasteiger partial charge in [-0.25, -0.2) is 0 Å². The van der Waals surface area contributed by atoms with Gasteiger partial charge in [0.05, 0.1) is 21.3 Å². The van der Waals surface area contributed by atoms with E-state index in [1.807, 2.05) is 6.08 Å². The Balaban J connectivity index is 2.54. The monoisotopic (exact) mass is 264 g/mol. The van der Waals surface area contributed by atoms with Crippen LogP contribution in [0.4, 0.5) is 0 Å². The average molecular weight is 264 g/mol. The first-order valence-corrected chi connectivity index (χ1v) is 5.90. The van der Waals surface area contributed by atoms with E-state index >= 15 is 0 Å². The molecule has 1 aromatic rings. The van der Waals surface area contributed by atoms with Crippen molar-refractivity contribution in [3.63, 3.8) is 0 Å². The molecule has 0 atom stereocenters. The van der Waals surface area contributed by atoms with Gasteiger partial charge < -0.3 is 18.9 Å². The lowest BCUT2D eigenvalue weighted by atomic mass is 10.1. The van der Waals surface area contributed by atoms with E-state index in [1.54, 1.807) is 33.5 Å². The minimum atomic E-state index is -0.252. The zero-order valence-corrected chi connectivity index (χ0v) is 11.2. The van der Waals surface area contributed by atoms with E-state index in [4.69, 9.17) is 18.9 Å². The standard InChI is InChI=1S/C14H16O5/c1-16-9-7-11(17-2)14(12(8-9)18-3)10-5-4-6-13(15)19-10/h5,7-8H,4,6H2,1-3H3. The maximum absolute atomic E-state index is 11.4. The molecular formula is C14H16O5. The van der Waals surface area contributed by atoms with Crippen LogP contribution in [0.5, 0.6) is 17.2 Å². The number of carbonyl (C=O) groups excluding carboxylic acids is 1. The molecule has 1 aliphatic rings. The third-order valence-corrected chi connectivity index (χ3v) is 2.86. The Labute approximate surface area is 111 Å². The smallest absolute Gasteiger partial charge is 0.311 e. The molecule has 2 rings (SSSR count). The highest BCUT2D eigenvalue weighted by molar-refractivity contribution is 5.84. The number of cyclic esters (lactones) is 1. The van der Waals surface area contributed by atoms with Crippen molar-refractivity contribution >= 4 is 11.7 Å². The summed E-state index contributed by atoms with van der Waals surface area (Å²) in [4.78, 5) is 11.4. The van der Waals surface area contributed by atoms with Gasteiger partial charge in [-0.1, -0.05) is 0 Å². The molecule has 5 heteroatoms. The fraction of sp³-hybridized carbons (Fsp3) is 0.357. The molecule has 1 aromatic carbocycles. The van der Waals surface area contributed by atoms with E-state index in [0.717, 1.165) is 0 Å². The van der Waals surface area contributed by atoms with Gasteiger partial charge >= 0.3 is 5.97 Å². The largest absolute Gasteiger partial charge is 0.496 e. The Bertz CT molecular complexity index is 494. The molecule has 0 aliphatic carbocycles. The van der Waals surface area contributed by atoms with Gasteiger partial charge in [0.25, 0.3) is 0 Å². The number of ether oxygens (including phenoxy) is 4. The zero-order chi connectivity index (χ0) is 13.8. The van der Waals surface area contributed by atoms with E-state index in [2.05, 4.69) is 0 Å². The molecule has 19 heavy (non-hydrogen) atoms. The fourth-order valence-electron chi connectivity index (χ4n) is 1.94. The van der Waals surface area contributed by atoms with Crippen molar-refractivity contribution < 1.29 is 23.7 Å². The van der Waals surface area contributed by atoms with Crippen molar-refractivity contribution in [2.45, 2.75) is 12.8 Å². The van der Waals surface area contributed by atoms with Crippen molar-refractivity contribution in [3.8, 4) is 17.2 Å². The zero-order valence-electron chi connectivity index (χ0n) is 11.2. The number of allylic oxidation sites excluding steroid dienone is 1. The summed E-state index contributed by atoms with van der Waals surface area (Å²) in [7, 11) is 4.65. The summed E-state index contributed by atoms with van der Waals surface area (Å²) in [6, 6.07) is 3.45. The van der Waals surface area contributed by atoms with Crippen molar-refractivity contribution in [2.75, 3.05) is 21.3 Å². The molecular weight excluding hydrogens is 248 g/mol. The summed E-state index contributed by atoms with van der Waals surface area (Å²) < 4.78 is 21.1. The average Bonchev–Trinajstić information content (AvgIpc) is 2.45. The molecule has 0 radical (unpaired) electrons. The van der Waals surface area contributed by atoms with Crippen molar-refractivity contribution in [1.82, 2.24) is 0 Å². The van der Waals surface area contributed by atoms with E-state index in [1.165, 1.54) is 0 Å². The second-order valence-electron chi connectivity index (χ2n) is 3.99. The van der Waals surface area contributed by atoms with Crippen molar-refractivity contribution in [2.24, 2.45) is 0 Å². The van der Waals surface area contributed by atoms with Gasteiger partial charge in [0.15, 0.2) is 0 Å². The third-order valence-electron chi connectivity index (χ3n) is 2.86. The van der Waals surface area contributed by atoms with Gasteiger partial charge in [0, 0.05) is 18.6 Å². The number of benzene rings is 1. The Morgan fingerprint density at radius 3 is 2.16 bits per heavy atom. The highest BCUT2D eigenvalue weighted by atomic mass is 16.5. The van der Waals surface area contributed by atoms with Crippen LogP contribution in [0, 0.1) is 0 Å². The molecule has 0 fully saturated rings. The van der Waals surface area contributed by atoms with Crippen LogP contribution in [0.3, 0.4) is 0 Å². The van der Waals surface area contributed by atoms with Crippen LogP contribution < -0.4 is 14.2 Å². The van der Waals surface area contributed by atoms with Gasteiger partial charge in [0.2, 0.25) is 0 Å². The highest BCUT2D eigenvalue weighted by Gasteiger charge is 2.22.